The summed E-state index contributed by atoms with van der Waals surface area (Å²) in [7, 11) is -3.53. The fourth-order valence-electron chi connectivity index (χ4n) is 3.85. The van der Waals surface area contributed by atoms with Crippen LogP contribution in [-0.4, -0.2) is 36.3 Å². The van der Waals surface area contributed by atoms with Crippen LogP contribution in [0, 0.1) is 5.92 Å². The maximum Gasteiger partial charge on any atom is 0.279 e. The van der Waals surface area contributed by atoms with Crippen molar-refractivity contribution in [1.82, 2.24) is 8.87 Å². The summed E-state index contributed by atoms with van der Waals surface area (Å²) in [6.07, 6.45) is 1.93. The average Bonchev–Trinajstić information content (AvgIpc) is 3.10. The van der Waals surface area contributed by atoms with Gasteiger partial charge in [-0.3, -0.25) is 4.79 Å². The van der Waals surface area contributed by atoms with Crippen molar-refractivity contribution in [3.63, 3.8) is 0 Å². The summed E-state index contributed by atoms with van der Waals surface area (Å²) in [5, 5.41) is 0. The van der Waals surface area contributed by atoms with Gasteiger partial charge in [-0.2, -0.15) is 9.30 Å². The first kappa shape index (κ1) is 21.0. The average molecular weight is 444 g/mol. The number of sulfonamides is 1. The Morgan fingerprint density at radius 3 is 2.60 bits per heavy atom. The molecule has 1 aliphatic heterocycles. The van der Waals surface area contributed by atoms with E-state index in [2.05, 4.69) is 11.9 Å². The number of para-hydroxylation sites is 1. The highest BCUT2D eigenvalue weighted by molar-refractivity contribution is 7.89. The van der Waals surface area contributed by atoms with Crippen LogP contribution in [0.2, 0.25) is 0 Å². The first-order valence-corrected chi connectivity index (χ1v) is 12.4. The third-order valence-corrected chi connectivity index (χ3v) is 8.40. The minimum absolute atomic E-state index is 0.221. The molecule has 0 bridgehead atoms. The van der Waals surface area contributed by atoms with Gasteiger partial charge in [0.1, 0.15) is 0 Å². The molecule has 8 heteroatoms. The van der Waals surface area contributed by atoms with Gasteiger partial charge in [0.05, 0.1) is 15.1 Å². The van der Waals surface area contributed by atoms with Crippen molar-refractivity contribution in [2.75, 3.05) is 13.1 Å². The number of carbonyl (C=O) groups excluding carboxylic acids is 1. The van der Waals surface area contributed by atoms with E-state index in [-0.39, 0.29) is 10.8 Å². The smallest absolute Gasteiger partial charge is 0.279 e. The quantitative estimate of drug-likeness (QED) is 0.614. The molecular formula is C22H25N3O3S2. The van der Waals surface area contributed by atoms with E-state index < -0.39 is 10.0 Å². The predicted molar refractivity (Wildman–Crippen MR) is 119 cm³/mol. The monoisotopic (exact) mass is 443 g/mol. The van der Waals surface area contributed by atoms with E-state index in [0.717, 1.165) is 23.1 Å². The Morgan fingerprint density at radius 2 is 1.90 bits per heavy atom. The van der Waals surface area contributed by atoms with Crippen molar-refractivity contribution in [3.05, 3.63) is 58.9 Å². The van der Waals surface area contributed by atoms with Gasteiger partial charge < -0.3 is 4.57 Å². The van der Waals surface area contributed by atoms with E-state index in [0.29, 0.717) is 35.9 Å². The maximum absolute atomic E-state index is 12.9. The highest BCUT2D eigenvalue weighted by Gasteiger charge is 2.28. The van der Waals surface area contributed by atoms with Crippen molar-refractivity contribution in [2.45, 2.75) is 38.1 Å². The lowest BCUT2D eigenvalue weighted by Gasteiger charge is -2.30. The number of hydrogen-bond acceptors (Lipinski definition) is 4. The summed E-state index contributed by atoms with van der Waals surface area (Å²) >= 11 is 1.47. The van der Waals surface area contributed by atoms with E-state index in [1.54, 1.807) is 16.4 Å². The summed E-state index contributed by atoms with van der Waals surface area (Å²) in [6.45, 7) is 5.89. The first-order valence-electron chi connectivity index (χ1n) is 10.2. The molecule has 0 radical (unpaired) electrons. The minimum atomic E-state index is -3.53. The SMILES string of the molecule is CCn1c(=NC(=O)c2ccc(S(=O)(=O)N3CCCC(C)C3)cc2)sc2ccccc21. The van der Waals surface area contributed by atoms with E-state index >= 15 is 0 Å². The zero-order valence-corrected chi connectivity index (χ0v) is 18.7. The molecule has 6 nitrogen and oxygen atoms in total. The van der Waals surface area contributed by atoms with Crippen molar-refractivity contribution >= 4 is 37.5 Å². The Labute approximate surface area is 180 Å². The third-order valence-electron chi connectivity index (χ3n) is 5.46. The number of thiazole rings is 1. The maximum atomic E-state index is 12.9. The van der Waals surface area contributed by atoms with Gasteiger partial charge in [-0.1, -0.05) is 30.4 Å². The van der Waals surface area contributed by atoms with E-state index in [1.807, 2.05) is 35.8 Å². The second-order valence-electron chi connectivity index (χ2n) is 7.65. The zero-order chi connectivity index (χ0) is 21.3. The Kier molecular flexibility index (Phi) is 5.90. The third kappa shape index (κ3) is 3.99. The van der Waals surface area contributed by atoms with Gasteiger partial charge in [0.25, 0.3) is 5.91 Å². The van der Waals surface area contributed by atoms with Gasteiger partial charge in [0.2, 0.25) is 10.0 Å². The van der Waals surface area contributed by atoms with Crippen molar-refractivity contribution in [1.29, 1.82) is 0 Å². The predicted octanol–water partition coefficient (Wildman–Crippen LogP) is 3.88. The normalized spacial score (nSPS) is 18.7. The molecule has 1 fully saturated rings. The summed E-state index contributed by atoms with van der Waals surface area (Å²) in [4.78, 5) is 17.9. The molecule has 1 aliphatic rings. The van der Waals surface area contributed by atoms with Gasteiger partial charge in [-0.15, -0.1) is 0 Å². The van der Waals surface area contributed by atoms with Gasteiger partial charge in [-0.05, 0) is 62.1 Å². The van der Waals surface area contributed by atoms with Crippen LogP contribution in [0.25, 0.3) is 10.2 Å². The number of amides is 1. The van der Waals surface area contributed by atoms with Gasteiger partial charge >= 0.3 is 0 Å². The molecule has 3 aromatic rings. The molecule has 2 heterocycles. The summed E-state index contributed by atoms with van der Waals surface area (Å²) < 4.78 is 30.4. The topological polar surface area (TPSA) is 71.7 Å². The molecule has 1 saturated heterocycles. The number of carbonyl (C=O) groups is 1. The fourth-order valence-corrected chi connectivity index (χ4v) is 6.54. The minimum Gasteiger partial charge on any atom is -0.317 e. The lowest BCUT2D eigenvalue weighted by Crippen LogP contribution is -2.39. The zero-order valence-electron chi connectivity index (χ0n) is 17.1. The van der Waals surface area contributed by atoms with E-state index in [1.165, 1.54) is 23.5 Å². The molecule has 0 aliphatic carbocycles. The molecule has 30 heavy (non-hydrogen) atoms. The molecular weight excluding hydrogens is 418 g/mol. The number of hydrogen-bond donors (Lipinski definition) is 0. The Balaban J connectivity index is 1.62. The Hall–Kier alpha value is -2.29. The van der Waals surface area contributed by atoms with Crippen LogP contribution in [0.1, 0.15) is 37.0 Å². The molecule has 158 valence electrons. The number of nitrogens with zero attached hydrogens (tertiary/aromatic N) is 3. The second kappa shape index (κ2) is 8.45. The van der Waals surface area contributed by atoms with Gasteiger partial charge in [-0.25, -0.2) is 8.42 Å². The number of aromatic nitrogens is 1. The van der Waals surface area contributed by atoms with E-state index in [4.69, 9.17) is 0 Å². The fraction of sp³-hybridized carbons (Fsp3) is 0.364. The highest BCUT2D eigenvalue weighted by Crippen LogP contribution is 2.24. The van der Waals surface area contributed by atoms with Crippen LogP contribution in [0.15, 0.2) is 58.4 Å². The number of benzene rings is 2. The second-order valence-corrected chi connectivity index (χ2v) is 10.6. The molecule has 0 saturated carbocycles. The van der Waals surface area contributed by atoms with Crippen molar-refractivity contribution < 1.29 is 13.2 Å². The standard InChI is InChI=1S/C22H25N3O3S2/c1-3-25-19-8-4-5-9-20(19)29-22(25)23-21(26)17-10-12-18(13-11-17)30(27,28)24-14-6-7-16(2)15-24/h4-5,8-13,16H,3,6-7,14-15H2,1-2H3. The molecule has 1 unspecified atom stereocenters. The lowest BCUT2D eigenvalue weighted by molar-refractivity contribution is 0.0997. The number of piperidine rings is 1. The van der Waals surface area contributed by atoms with Crippen molar-refractivity contribution in [2.24, 2.45) is 10.9 Å². The molecule has 2 aromatic carbocycles. The van der Waals surface area contributed by atoms with Gasteiger partial charge in [0, 0.05) is 25.2 Å². The van der Waals surface area contributed by atoms with Crippen LogP contribution in [0.3, 0.4) is 0 Å². The molecule has 4 rings (SSSR count). The molecule has 1 amide bonds. The first-order chi connectivity index (χ1) is 14.4. The molecule has 0 spiro atoms. The van der Waals surface area contributed by atoms with Crippen LogP contribution >= 0.6 is 11.3 Å². The summed E-state index contributed by atoms with van der Waals surface area (Å²) in [5.41, 5.74) is 1.43. The highest BCUT2D eigenvalue weighted by atomic mass is 32.2. The van der Waals surface area contributed by atoms with Crippen LogP contribution in [0.4, 0.5) is 0 Å². The Morgan fingerprint density at radius 1 is 1.17 bits per heavy atom. The van der Waals surface area contributed by atoms with E-state index in [9.17, 15) is 13.2 Å². The van der Waals surface area contributed by atoms with Crippen LogP contribution < -0.4 is 4.80 Å². The van der Waals surface area contributed by atoms with Crippen LogP contribution in [-0.2, 0) is 16.6 Å². The van der Waals surface area contributed by atoms with Crippen LogP contribution in [0.5, 0.6) is 0 Å². The number of aryl methyl sites for hydroxylation is 1. The Bertz CT molecular complexity index is 1240. The molecule has 1 atom stereocenters. The molecule has 1 aromatic heterocycles. The van der Waals surface area contributed by atoms with Gasteiger partial charge in [0.15, 0.2) is 4.80 Å². The molecule has 0 N–H and O–H groups in total. The number of fused-ring (bicyclic) bond motifs is 1. The summed E-state index contributed by atoms with van der Waals surface area (Å²) in [5.74, 6) is -0.0148. The lowest BCUT2D eigenvalue weighted by atomic mass is 10.0. The van der Waals surface area contributed by atoms with Crippen molar-refractivity contribution in [3.8, 4) is 0 Å². The largest absolute Gasteiger partial charge is 0.317 e. The summed E-state index contributed by atoms with van der Waals surface area (Å²) in [6, 6.07) is 14.1. The number of rotatable bonds is 4.